The van der Waals surface area contributed by atoms with Gasteiger partial charge in [0.25, 0.3) is 11.8 Å². The average molecular weight is 378 g/mol. The number of carbonyl (C=O) groups is 2. The summed E-state index contributed by atoms with van der Waals surface area (Å²) in [6.07, 6.45) is 1.43. The number of aromatic nitrogens is 2. The van der Waals surface area contributed by atoms with Crippen molar-refractivity contribution in [3.05, 3.63) is 76.3 Å². The summed E-state index contributed by atoms with van der Waals surface area (Å²) in [5.41, 5.74) is 3.77. The van der Waals surface area contributed by atoms with Crippen molar-refractivity contribution in [3.8, 4) is 0 Å². The number of benzene rings is 2. The highest BCUT2D eigenvalue weighted by Crippen LogP contribution is 2.15. The minimum Gasteiger partial charge on any atom is -0.322 e. The van der Waals surface area contributed by atoms with Gasteiger partial charge in [0.15, 0.2) is 0 Å². The molecule has 3 aromatic rings. The maximum absolute atomic E-state index is 12.7. The van der Waals surface area contributed by atoms with Crippen LogP contribution in [0.3, 0.4) is 0 Å². The molecule has 0 saturated carbocycles. The Morgan fingerprint density at radius 3 is 1.74 bits per heavy atom. The van der Waals surface area contributed by atoms with E-state index in [1.54, 1.807) is 29.6 Å². The van der Waals surface area contributed by atoms with Crippen LogP contribution in [0.15, 0.2) is 59.5 Å². The van der Waals surface area contributed by atoms with E-state index in [-0.39, 0.29) is 5.57 Å². The van der Waals surface area contributed by atoms with Gasteiger partial charge in [-0.3, -0.25) is 9.59 Å². The molecule has 0 unspecified atom stereocenters. The lowest BCUT2D eigenvalue weighted by atomic mass is 10.1. The first-order valence-electron chi connectivity index (χ1n) is 8.26. The summed E-state index contributed by atoms with van der Waals surface area (Å²) in [5.74, 6) is -1.03. The zero-order valence-corrected chi connectivity index (χ0v) is 15.7. The van der Waals surface area contributed by atoms with Crippen molar-refractivity contribution in [3.63, 3.8) is 0 Å². The van der Waals surface area contributed by atoms with Crippen LogP contribution in [0.25, 0.3) is 6.08 Å². The van der Waals surface area contributed by atoms with E-state index in [4.69, 9.17) is 0 Å². The van der Waals surface area contributed by atoms with Crippen LogP contribution >= 0.6 is 11.5 Å². The first-order chi connectivity index (χ1) is 13.0. The van der Waals surface area contributed by atoms with Gasteiger partial charge in [-0.15, -0.1) is 5.10 Å². The van der Waals surface area contributed by atoms with Gasteiger partial charge in [0.1, 0.15) is 5.57 Å². The van der Waals surface area contributed by atoms with Gasteiger partial charge in [-0.05, 0) is 55.7 Å². The number of aryl methyl sites for hydroxylation is 2. The van der Waals surface area contributed by atoms with E-state index in [1.165, 1.54) is 6.08 Å². The minimum atomic E-state index is -0.517. The van der Waals surface area contributed by atoms with Crippen molar-refractivity contribution < 1.29 is 9.59 Å². The lowest BCUT2D eigenvalue weighted by Gasteiger charge is -2.10. The topological polar surface area (TPSA) is 84.0 Å². The Kier molecular flexibility index (Phi) is 5.73. The minimum absolute atomic E-state index is 0.0520. The second-order valence-corrected chi connectivity index (χ2v) is 6.64. The average Bonchev–Trinajstić information content (AvgIpc) is 3.16. The van der Waals surface area contributed by atoms with Gasteiger partial charge in [0.2, 0.25) is 0 Å². The van der Waals surface area contributed by atoms with Gasteiger partial charge in [-0.2, -0.15) is 0 Å². The highest BCUT2D eigenvalue weighted by atomic mass is 32.1. The van der Waals surface area contributed by atoms with Gasteiger partial charge in [0, 0.05) is 16.8 Å². The van der Waals surface area contributed by atoms with E-state index >= 15 is 0 Å². The Balaban J connectivity index is 1.83. The Morgan fingerprint density at radius 2 is 1.33 bits per heavy atom. The smallest absolute Gasteiger partial charge is 0.261 e. The quantitative estimate of drug-likeness (QED) is 0.402. The summed E-state index contributed by atoms with van der Waals surface area (Å²) < 4.78 is 3.76. The van der Waals surface area contributed by atoms with Gasteiger partial charge in [-0.25, -0.2) is 0 Å². The molecule has 2 N–H and O–H groups in total. The summed E-state index contributed by atoms with van der Waals surface area (Å²) >= 11 is 1.15. The molecule has 136 valence electrons. The Morgan fingerprint density at radius 1 is 0.852 bits per heavy atom. The van der Waals surface area contributed by atoms with Crippen LogP contribution in [0.1, 0.15) is 16.8 Å². The van der Waals surface area contributed by atoms with Crippen molar-refractivity contribution >= 4 is 40.8 Å². The molecular weight excluding hydrogens is 360 g/mol. The summed E-state index contributed by atoms with van der Waals surface area (Å²) in [7, 11) is 0. The third kappa shape index (κ3) is 5.08. The Bertz CT molecular complexity index is 901. The second-order valence-electron chi connectivity index (χ2n) is 6.03. The fourth-order valence-corrected chi connectivity index (χ4v) is 2.70. The molecule has 0 aliphatic rings. The fraction of sp³-hybridized carbons (Fsp3) is 0.100. The van der Waals surface area contributed by atoms with Crippen LogP contribution in [0, 0.1) is 13.8 Å². The van der Waals surface area contributed by atoms with E-state index in [9.17, 15) is 9.59 Å². The van der Waals surface area contributed by atoms with E-state index in [1.807, 2.05) is 38.1 Å². The highest BCUT2D eigenvalue weighted by molar-refractivity contribution is 7.03. The van der Waals surface area contributed by atoms with Gasteiger partial charge < -0.3 is 10.6 Å². The summed E-state index contributed by atoms with van der Waals surface area (Å²) in [6.45, 7) is 3.92. The fourth-order valence-electron chi connectivity index (χ4n) is 2.29. The summed E-state index contributed by atoms with van der Waals surface area (Å²) in [5, 5.41) is 11.0. The molecule has 0 aliphatic heterocycles. The predicted molar refractivity (Wildman–Crippen MR) is 108 cm³/mol. The van der Waals surface area contributed by atoms with Crippen molar-refractivity contribution in [1.82, 2.24) is 9.59 Å². The Labute approximate surface area is 161 Å². The van der Waals surface area contributed by atoms with Gasteiger partial charge in [-0.1, -0.05) is 39.9 Å². The van der Waals surface area contributed by atoms with E-state index in [0.29, 0.717) is 17.1 Å². The molecule has 1 heterocycles. The Hall–Kier alpha value is -3.32. The molecule has 0 saturated heterocycles. The highest BCUT2D eigenvalue weighted by Gasteiger charge is 2.19. The maximum atomic E-state index is 12.7. The first-order valence-corrected chi connectivity index (χ1v) is 9.10. The van der Waals surface area contributed by atoms with Gasteiger partial charge >= 0.3 is 0 Å². The number of rotatable bonds is 5. The van der Waals surface area contributed by atoms with Crippen LogP contribution in [-0.2, 0) is 9.59 Å². The maximum Gasteiger partial charge on any atom is 0.261 e. The molecule has 0 spiro atoms. The zero-order valence-electron chi connectivity index (χ0n) is 14.9. The number of carbonyl (C=O) groups excluding carboxylic acids is 2. The number of hydrogen-bond acceptors (Lipinski definition) is 5. The van der Waals surface area contributed by atoms with Crippen LogP contribution in [0.5, 0.6) is 0 Å². The first kappa shape index (κ1) is 18.5. The molecule has 0 radical (unpaired) electrons. The lowest BCUT2D eigenvalue weighted by Crippen LogP contribution is -2.25. The van der Waals surface area contributed by atoms with E-state index < -0.39 is 11.8 Å². The molecule has 2 aromatic carbocycles. The van der Waals surface area contributed by atoms with Crippen molar-refractivity contribution in [2.45, 2.75) is 13.8 Å². The molecular formula is C20H18N4O2S. The molecule has 0 aliphatic carbocycles. The molecule has 0 atom stereocenters. The third-order valence-electron chi connectivity index (χ3n) is 3.78. The van der Waals surface area contributed by atoms with Crippen molar-refractivity contribution in [1.29, 1.82) is 0 Å². The van der Waals surface area contributed by atoms with Crippen LogP contribution < -0.4 is 10.6 Å². The summed E-state index contributed by atoms with van der Waals surface area (Å²) in [6, 6.07) is 14.7. The molecule has 7 heteroatoms. The molecule has 27 heavy (non-hydrogen) atoms. The SMILES string of the molecule is Cc1ccc(NC(=O)C(=Cc2csnn2)C(=O)Nc2ccc(C)cc2)cc1. The third-order valence-corrected chi connectivity index (χ3v) is 4.30. The zero-order chi connectivity index (χ0) is 19.2. The van der Waals surface area contributed by atoms with Crippen LogP contribution in [-0.4, -0.2) is 21.4 Å². The standard InChI is InChI=1S/C20H18N4O2S/c1-13-3-7-15(8-4-13)21-19(25)18(11-17-12-27-24-23-17)20(26)22-16-9-5-14(2)6-10-16/h3-12H,1-2H3,(H,21,25)(H,22,26). The molecule has 3 rings (SSSR count). The lowest BCUT2D eigenvalue weighted by molar-refractivity contribution is -0.118. The molecule has 1 aromatic heterocycles. The molecule has 0 fully saturated rings. The van der Waals surface area contributed by atoms with Gasteiger partial charge in [0.05, 0.1) is 5.69 Å². The predicted octanol–water partition coefficient (Wildman–Crippen LogP) is 3.82. The van der Waals surface area contributed by atoms with Crippen LogP contribution in [0.4, 0.5) is 11.4 Å². The normalized spacial score (nSPS) is 10.1. The van der Waals surface area contributed by atoms with Crippen molar-refractivity contribution in [2.24, 2.45) is 0 Å². The van der Waals surface area contributed by atoms with Crippen molar-refractivity contribution in [2.75, 3.05) is 10.6 Å². The summed E-state index contributed by atoms with van der Waals surface area (Å²) in [4.78, 5) is 25.4. The number of nitrogens with one attached hydrogen (secondary N) is 2. The number of anilines is 2. The molecule has 6 nitrogen and oxygen atoms in total. The monoisotopic (exact) mass is 378 g/mol. The second kappa shape index (κ2) is 8.37. The molecule has 2 amide bonds. The van der Waals surface area contributed by atoms with E-state index in [0.717, 1.165) is 22.7 Å². The number of nitrogens with zero attached hydrogens (tertiary/aromatic N) is 2. The number of amides is 2. The largest absolute Gasteiger partial charge is 0.322 e. The van der Waals surface area contributed by atoms with Crippen LogP contribution in [0.2, 0.25) is 0 Å². The van der Waals surface area contributed by atoms with E-state index in [2.05, 4.69) is 20.2 Å². The molecule has 0 bridgehead atoms. The number of hydrogen-bond donors (Lipinski definition) is 2.